The van der Waals surface area contributed by atoms with Crippen LogP contribution in [-0.2, 0) is 14.4 Å². The SMILES string of the molecule is COc1ccc2c(O[C@H]3C[C@H]4C(=O)CCCCCC/C=C\C5C[C@@]5(C(=O)O)CC(=O)[C@@H]4C3)cc(-c3nc(C(C)C)cs3)nc2c1C. The molecule has 9 heteroatoms. The van der Waals surface area contributed by atoms with Gasteiger partial charge in [0, 0.05) is 47.1 Å². The number of aryl methyl sites for hydroxylation is 1. The first kappa shape index (κ1) is 32.4. The second-order valence-electron chi connectivity index (χ2n) is 13.7. The lowest BCUT2D eigenvalue weighted by atomic mass is 9.82. The molecule has 0 saturated heterocycles. The van der Waals surface area contributed by atoms with Crippen LogP contribution in [0, 0.1) is 30.1 Å². The average molecular weight is 645 g/mol. The summed E-state index contributed by atoms with van der Waals surface area (Å²) in [5, 5.41) is 13.8. The van der Waals surface area contributed by atoms with Crippen molar-refractivity contribution in [2.75, 3.05) is 7.11 Å². The van der Waals surface area contributed by atoms with Crippen molar-refractivity contribution >= 4 is 39.8 Å². The van der Waals surface area contributed by atoms with E-state index in [1.165, 1.54) is 0 Å². The zero-order chi connectivity index (χ0) is 32.6. The van der Waals surface area contributed by atoms with Crippen LogP contribution in [0.25, 0.3) is 21.6 Å². The number of carbonyl (C=O) groups excluding carboxylic acids is 2. The third-order valence-electron chi connectivity index (χ3n) is 10.3. The number of nitrogens with zero attached hydrogens (tertiary/aromatic N) is 2. The van der Waals surface area contributed by atoms with Crippen LogP contribution < -0.4 is 9.47 Å². The molecule has 244 valence electrons. The highest BCUT2D eigenvalue weighted by Crippen LogP contribution is 2.57. The van der Waals surface area contributed by atoms with Crippen LogP contribution in [-0.4, -0.2) is 45.8 Å². The number of benzene rings is 1. The van der Waals surface area contributed by atoms with E-state index in [-0.39, 0.29) is 35.9 Å². The first-order valence-corrected chi connectivity index (χ1v) is 17.6. The van der Waals surface area contributed by atoms with Crippen molar-refractivity contribution in [3.63, 3.8) is 0 Å². The number of carboxylic acid groups (broad SMARTS) is 1. The van der Waals surface area contributed by atoms with Gasteiger partial charge in [-0.3, -0.25) is 14.4 Å². The predicted molar refractivity (Wildman–Crippen MR) is 179 cm³/mol. The number of thiazole rings is 1. The number of methoxy groups -OCH3 is 1. The lowest BCUT2D eigenvalue weighted by molar-refractivity contribution is -0.146. The topological polar surface area (TPSA) is 116 Å². The van der Waals surface area contributed by atoms with Gasteiger partial charge in [0.25, 0.3) is 0 Å². The third-order valence-corrected chi connectivity index (χ3v) is 11.2. The van der Waals surface area contributed by atoms with Crippen molar-refractivity contribution in [2.45, 2.75) is 97.0 Å². The van der Waals surface area contributed by atoms with Crippen LogP contribution in [0.15, 0.2) is 35.7 Å². The summed E-state index contributed by atoms with van der Waals surface area (Å²) in [5.74, 6) is -0.454. The van der Waals surface area contributed by atoms with Gasteiger partial charge in [0.1, 0.15) is 39.9 Å². The Kier molecular flexibility index (Phi) is 9.33. The maximum Gasteiger partial charge on any atom is 0.310 e. The molecule has 0 bridgehead atoms. The molecule has 8 nitrogen and oxygen atoms in total. The van der Waals surface area contributed by atoms with Gasteiger partial charge in [-0.2, -0.15) is 0 Å². The molecule has 0 radical (unpaired) electrons. The van der Waals surface area contributed by atoms with E-state index in [0.717, 1.165) is 65.0 Å². The zero-order valence-electron chi connectivity index (χ0n) is 27.2. The van der Waals surface area contributed by atoms with E-state index in [1.54, 1.807) is 18.4 Å². The van der Waals surface area contributed by atoms with Crippen molar-refractivity contribution in [3.8, 4) is 22.2 Å². The molecule has 2 aromatic heterocycles. The molecule has 3 aliphatic carbocycles. The van der Waals surface area contributed by atoms with Crippen LogP contribution in [0.3, 0.4) is 0 Å². The predicted octanol–water partition coefficient (Wildman–Crippen LogP) is 8.10. The minimum Gasteiger partial charge on any atom is -0.496 e. The number of carboxylic acids is 1. The molecule has 6 rings (SSSR count). The fourth-order valence-corrected chi connectivity index (χ4v) is 8.31. The van der Waals surface area contributed by atoms with Crippen LogP contribution in [0.1, 0.15) is 95.2 Å². The number of hydrogen-bond acceptors (Lipinski definition) is 8. The molecule has 0 spiro atoms. The smallest absolute Gasteiger partial charge is 0.310 e. The second-order valence-corrected chi connectivity index (χ2v) is 14.6. The molecule has 46 heavy (non-hydrogen) atoms. The van der Waals surface area contributed by atoms with Crippen molar-refractivity contribution < 1.29 is 29.0 Å². The highest BCUT2D eigenvalue weighted by Gasteiger charge is 2.61. The quantitative estimate of drug-likeness (QED) is 0.268. The van der Waals surface area contributed by atoms with Gasteiger partial charge in [-0.1, -0.05) is 38.8 Å². The molecular weight excluding hydrogens is 600 g/mol. The number of rotatable bonds is 6. The van der Waals surface area contributed by atoms with Crippen molar-refractivity contribution in [1.82, 2.24) is 9.97 Å². The average Bonchev–Trinajstić information content (AvgIpc) is 3.33. The maximum atomic E-state index is 13.9. The van der Waals surface area contributed by atoms with Crippen LogP contribution in [0.4, 0.5) is 0 Å². The van der Waals surface area contributed by atoms with Crippen LogP contribution in [0.5, 0.6) is 11.5 Å². The lowest BCUT2D eigenvalue weighted by Crippen LogP contribution is -2.30. The molecule has 1 unspecified atom stereocenters. The molecule has 1 N–H and O–H groups in total. The number of ketones is 2. The van der Waals surface area contributed by atoms with E-state index in [9.17, 15) is 19.5 Å². The van der Waals surface area contributed by atoms with E-state index in [0.29, 0.717) is 37.1 Å². The summed E-state index contributed by atoms with van der Waals surface area (Å²) in [6.45, 7) is 6.19. The van der Waals surface area contributed by atoms with Gasteiger partial charge >= 0.3 is 5.97 Å². The Morgan fingerprint density at radius 2 is 1.80 bits per heavy atom. The summed E-state index contributed by atoms with van der Waals surface area (Å²) in [4.78, 5) is 49.8. The van der Waals surface area contributed by atoms with Gasteiger partial charge in [0.15, 0.2) is 0 Å². The molecule has 0 aliphatic heterocycles. The first-order valence-electron chi connectivity index (χ1n) is 16.7. The lowest BCUT2D eigenvalue weighted by Gasteiger charge is -2.19. The minimum absolute atomic E-state index is 0.0396. The molecule has 2 fully saturated rings. The molecule has 3 aliphatic rings. The number of Topliss-reactive ketones (excluding diaryl/α,β-unsaturated/α-hetero) is 2. The van der Waals surface area contributed by atoms with Gasteiger partial charge in [-0.25, -0.2) is 9.97 Å². The Labute approximate surface area is 274 Å². The van der Waals surface area contributed by atoms with Gasteiger partial charge in [-0.05, 0) is 69.4 Å². The van der Waals surface area contributed by atoms with E-state index in [1.807, 2.05) is 31.2 Å². The fourth-order valence-electron chi connectivity index (χ4n) is 7.37. The van der Waals surface area contributed by atoms with Gasteiger partial charge in [0.2, 0.25) is 0 Å². The largest absolute Gasteiger partial charge is 0.496 e. The van der Waals surface area contributed by atoms with Crippen molar-refractivity contribution in [1.29, 1.82) is 0 Å². The van der Waals surface area contributed by atoms with Crippen molar-refractivity contribution in [2.24, 2.45) is 23.2 Å². The summed E-state index contributed by atoms with van der Waals surface area (Å²) in [6.07, 6.45) is 10.1. The molecule has 2 heterocycles. The second kappa shape index (κ2) is 13.3. The third kappa shape index (κ3) is 6.35. The summed E-state index contributed by atoms with van der Waals surface area (Å²) < 4.78 is 12.3. The number of carbonyl (C=O) groups is 3. The van der Waals surface area contributed by atoms with E-state index in [4.69, 9.17) is 19.4 Å². The Morgan fingerprint density at radius 1 is 1.04 bits per heavy atom. The number of aliphatic carboxylic acids is 1. The van der Waals surface area contributed by atoms with Gasteiger partial charge in [0.05, 0.1) is 23.7 Å². The Balaban J connectivity index is 1.33. The first-order chi connectivity index (χ1) is 22.1. The number of fused-ring (bicyclic) bond motifs is 3. The molecule has 5 atom stereocenters. The Bertz CT molecular complexity index is 1680. The van der Waals surface area contributed by atoms with Gasteiger partial charge in [-0.15, -0.1) is 11.3 Å². The number of hydrogen-bond donors (Lipinski definition) is 1. The van der Waals surface area contributed by atoms with E-state index >= 15 is 0 Å². The summed E-state index contributed by atoms with van der Waals surface area (Å²) >= 11 is 1.54. The molecule has 1 aromatic carbocycles. The Morgan fingerprint density at radius 3 is 2.52 bits per heavy atom. The standard InChI is InChI=1S/C37H44N2O6S/c1-21(2)29-20-46-35(39-29)28-17-33(25-13-14-32(44-4)22(3)34(25)38-28)45-24-15-26-27(16-24)31(41)19-37(36(42)43)18-23(37)11-9-7-5-6-8-10-12-30(26)40/h9,11,13-14,17,20-21,23-24,26-27H,5-8,10,12,15-16,18-19H2,1-4H3,(H,42,43)/b11-9-/t23?,24-,26+,27+,37+/m0/s1. The van der Waals surface area contributed by atoms with E-state index in [2.05, 4.69) is 25.3 Å². The monoisotopic (exact) mass is 644 g/mol. The summed E-state index contributed by atoms with van der Waals surface area (Å²) in [5.41, 5.74) is 2.29. The molecule has 0 amide bonds. The fraction of sp³-hybridized carbons (Fsp3) is 0.541. The molecule has 3 aromatic rings. The summed E-state index contributed by atoms with van der Waals surface area (Å²) in [7, 11) is 1.64. The zero-order valence-corrected chi connectivity index (χ0v) is 28.0. The number of allylic oxidation sites excluding steroid dienone is 2. The highest BCUT2D eigenvalue weighted by atomic mass is 32.1. The number of ether oxygens (including phenoxy) is 2. The van der Waals surface area contributed by atoms with Crippen LogP contribution in [0.2, 0.25) is 0 Å². The number of aromatic nitrogens is 2. The van der Waals surface area contributed by atoms with E-state index < -0.39 is 23.2 Å². The molecular formula is C37H44N2O6S. The molecule has 2 saturated carbocycles. The number of pyridine rings is 1. The Hall–Kier alpha value is -3.59. The van der Waals surface area contributed by atoms with Gasteiger partial charge < -0.3 is 14.6 Å². The van der Waals surface area contributed by atoms with Crippen molar-refractivity contribution in [3.05, 3.63) is 47.0 Å². The van der Waals surface area contributed by atoms with Crippen LogP contribution >= 0.6 is 11.3 Å². The normalized spacial score (nSPS) is 27.8. The minimum atomic E-state index is -1.06. The highest BCUT2D eigenvalue weighted by molar-refractivity contribution is 7.13. The summed E-state index contributed by atoms with van der Waals surface area (Å²) in [6, 6.07) is 5.76. The maximum absolute atomic E-state index is 13.9.